The maximum Gasteiger partial charge on any atom is 0.325 e. The van der Waals surface area contributed by atoms with Gasteiger partial charge in [0.1, 0.15) is 11.9 Å². The number of aryl methyl sites for hydroxylation is 1. The third-order valence-corrected chi connectivity index (χ3v) is 2.84. The molecule has 94 valence electrons. The quantitative estimate of drug-likeness (QED) is 0.830. The van der Waals surface area contributed by atoms with Crippen molar-refractivity contribution in [3.8, 4) is 0 Å². The van der Waals surface area contributed by atoms with Gasteiger partial charge in [0.25, 0.3) is 0 Å². The van der Waals surface area contributed by atoms with Gasteiger partial charge in [0, 0.05) is 6.04 Å². The van der Waals surface area contributed by atoms with Gasteiger partial charge in [-0.3, -0.25) is 10.1 Å². The summed E-state index contributed by atoms with van der Waals surface area (Å²) in [6.07, 6.45) is 0.818. The zero-order chi connectivity index (χ0) is 13.0. The van der Waals surface area contributed by atoms with Crippen molar-refractivity contribution in [2.45, 2.75) is 39.3 Å². The van der Waals surface area contributed by atoms with Crippen LogP contribution in [0, 0.1) is 12.7 Å². The maximum absolute atomic E-state index is 13.4. The first-order valence-corrected chi connectivity index (χ1v) is 5.70. The van der Waals surface area contributed by atoms with E-state index in [1.807, 2.05) is 13.8 Å². The average Bonchev–Trinajstić information content (AvgIpc) is 2.29. The third kappa shape index (κ3) is 3.53. The fraction of sp³-hybridized carbons (Fsp3) is 0.462. The second-order valence-corrected chi connectivity index (χ2v) is 4.26. The van der Waals surface area contributed by atoms with Crippen molar-refractivity contribution in [2.75, 3.05) is 0 Å². The summed E-state index contributed by atoms with van der Waals surface area (Å²) in [5.74, 6) is -1.37. The van der Waals surface area contributed by atoms with Crippen LogP contribution in [0.15, 0.2) is 18.2 Å². The van der Waals surface area contributed by atoms with Gasteiger partial charge in [-0.25, -0.2) is 4.39 Å². The first-order valence-electron chi connectivity index (χ1n) is 5.70. The van der Waals surface area contributed by atoms with Gasteiger partial charge in [-0.15, -0.1) is 0 Å². The van der Waals surface area contributed by atoms with Crippen molar-refractivity contribution >= 4 is 5.97 Å². The zero-order valence-corrected chi connectivity index (χ0v) is 10.3. The summed E-state index contributed by atoms with van der Waals surface area (Å²) in [5.41, 5.74) is 0.960. The van der Waals surface area contributed by atoms with Gasteiger partial charge in [-0.2, -0.15) is 0 Å². The minimum atomic E-state index is -0.992. The Hall–Kier alpha value is -1.42. The second kappa shape index (κ2) is 5.77. The lowest BCUT2D eigenvalue weighted by Gasteiger charge is -2.19. The van der Waals surface area contributed by atoms with E-state index in [0.717, 1.165) is 6.42 Å². The molecule has 0 heterocycles. The zero-order valence-electron chi connectivity index (χ0n) is 10.3. The molecule has 0 aliphatic heterocycles. The number of aliphatic carboxylic acids is 1. The van der Waals surface area contributed by atoms with E-state index in [4.69, 9.17) is 5.11 Å². The van der Waals surface area contributed by atoms with Crippen LogP contribution in [0.5, 0.6) is 0 Å². The van der Waals surface area contributed by atoms with Crippen LogP contribution in [0.4, 0.5) is 4.39 Å². The Kier molecular flexibility index (Phi) is 4.63. The highest BCUT2D eigenvalue weighted by Gasteiger charge is 2.21. The molecule has 0 amide bonds. The van der Waals surface area contributed by atoms with E-state index in [1.54, 1.807) is 19.1 Å². The monoisotopic (exact) mass is 239 g/mol. The summed E-state index contributed by atoms with van der Waals surface area (Å²) in [7, 11) is 0. The van der Waals surface area contributed by atoms with E-state index in [2.05, 4.69) is 5.32 Å². The molecule has 0 aromatic heterocycles. The molecule has 0 aliphatic rings. The van der Waals surface area contributed by atoms with Crippen LogP contribution in [-0.2, 0) is 4.79 Å². The molecule has 2 N–H and O–H groups in total. The van der Waals surface area contributed by atoms with E-state index in [9.17, 15) is 9.18 Å². The van der Waals surface area contributed by atoms with Crippen molar-refractivity contribution in [2.24, 2.45) is 0 Å². The number of hydrogen-bond acceptors (Lipinski definition) is 2. The summed E-state index contributed by atoms with van der Waals surface area (Å²) in [6, 6.07) is 3.73. The summed E-state index contributed by atoms with van der Waals surface area (Å²) < 4.78 is 13.4. The average molecular weight is 239 g/mol. The van der Waals surface area contributed by atoms with E-state index >= 15 is 0 Å². The number of halogens is 1. The molecule has 4 heteroatoms. The lowest BCUT2D eigenvalue weighted by Crippen LogP contribution is -2.35. The molecule has 2 atom stereocenters. The summed E-state index contributed by atoms with van der Waals surface area (Å²) in [4.78, 5) is 11.2. The van der Waals surface area contributed by atoms with Crippen molar-refractivity contribution in [1.82, 2.24) is 5.32 Å². The number of nitrogens with one attached hydrogen (secondary N) is 1. The highest BCUT2D eigenvalue weighted by molar-refractivity contribution is 5.75. The smallest absolute Gasteiger partial charge is 0.325 e. The lowest BCUT2D eigenvalue weighted by atomic mass is 10.0. The molecule has 0 bridgehead atoms. The molecule has 0 fully saturated rings. The van der Waals surface area contributed by atoms with Gasteiger partial charge in [0.05, 0.1) is 0 Å². The lowest BCUT2D eigenvalue weighted by molar-refractivity contribution is -0.139. The number of hydrogen-bond donors (Lipinski definition) is 2. The predicted octanol–water partition coefficient (Wildman–Crippen LogP) is 2.65. The van der Waals surface area contributed by atoms with Crippen LogP contribution in [0.1, 0.15) is 37.4 Å². The highest BCUT2D eigenvalue weighted by atomic mass is 19.1. The van der Waals surface area contributed by atoms with Crippen LogP contribution in [0.25, 0.3) is 0 Å². The number of carboxylic acid groups (broad SMARTS) is 1. The first-order chi connectivity index (χ1) is 7.95. The Morgan fingerprint density at radius 3 is 2.65 bits per heavy atom. The largest absolute Gasteiger partial charge is 0.480 e. The summed E-state index contributed by atoms with van der Waals surface area (Å²) in [6.45, 7) is 5.52. The van der Waals surface area contributed by atoms with Crippen molar-refractivity contribution in [3.05, 3.63) is 35.1 Å². The van der Waals surface area contributed by atoms with Crippen LogP contribution in [0.3, 0.4) is 0 Å². The van der Waals surface area contributed by atoms with E-state index in [0.29, 0.717) is 11.1 Å². The second-order valence-electron chi connectivity index (χ2n) is 4.26. The Morgan fingerprint density at radius 2 is 2.18 bits per heavy atom. The minimum absolute atomic E-state index is 0.0699. The SMILES string of the molecule is CCC(C)NC(C(=O)O)c1ccc(C)c(F)c1. The molecule has 1 aromatic carbocycles. The number of benzene rings is 1. The number of rotatable bonds is 5. The molecule has 0 saturated carbocycles. The Labute approximate surface area is 101 Å². The van der Waals surface area contributed by atoms with Gasteiger partial charge in [-0.05, 0) is 37.5 Å². The molecule has 2 unspecified atom stereocenters. The molecular weight excluding hydrogens is 221 g/mol. The van der Waals surface area contributed by atoms with Crippen LogP contribution < -0.4 is 5.32 Å². The summed E-state index contributed by atoms with van der Waals surface area (Å²) >= 11 is 0. The molecule has 1 aromatic rings. The van der Waals surface area contributed by atoms with E-state index in [1.165, 1.54) is 6.07 Å². The van der Waals surface area contributed by atoms with Crippen LogP contribution in [0.2, 0.25) is 0 Å². The number of carbonyl (C=O) groups is 1. The van der Waals surface area contributed by atoms with Crippen molar-refractivity contribution in [1.29, 1.82) is 0 Å². The maximum atomic E-state index is 13.4. The molecule has 0 radical (unpaired) electrons. The molecule has 3 nitrogen and oxygen atoms in total. The van der Waals surface area contributed by atoms with Gasteiger partial charge >= 0.3 is 5.97 Å². The van der Waals surface area contributed by atoms with E-state index < -0.39 is 12.0 Å². The Morgan fingerprint density at radius 1 is 1.53 bits per heavy atom. The topological polar surface area (TPSA) is 49.3 Å². The fourth-order valence-corrected chi connectivity index (χ4v) is 1.50. The fourth-order valence-electron chi connectivity index (χ4n) is 1.50. The van der Waals surface area contributed by atoms with Gasteiger partial charge in [-0.1, -0.05) is 19.1 Å². The van der Waals surface area contributed by atoms with Gasteiger partial charge in [0.15, 0.2) is 0 Å². The highest BCUT2D eigenvalue weighted by Crippen LogP contribution is 2.18. The predicted molar refractivity (Wildman–Crippen MR) is 64.4 cm³/mol. The first kappa shape index (κ1) is 13.6. The molecule has 0 spiro atoms. The van der Waals surface area contributed by atoms with Crippen molar-refractivity contribution in [3.63, 3.8) is 0 Å². The van der Waals surface area contributed by atoms with Gasteiger partial charge in [0.2, 0.25) is 0 Å². The minimum Gasteiger partial charge on any atom is -0.480 e. The normalized spacial score (nSPS) is 14.4. The van der Waals surface area contributed by atoms with Crippen LogP contribution in [-0.4, -0.2) is 17.1 Å². The molecule has 0 saturated heterocycles. The van der Waals surface area contributed by atoms with Crippen LogP contribution >= 0.6 is 0 Å². The standard InChI is InChI=1S/C13H18FNO2/c1-4-9(3)15-12(13(16)17)10-6-5-8(2)11(14)7-10/h5-7,9,12,15H,4H2,1-3H3,(H,16,17). The molecular formula is C13H18FNO2. The summed E-state index contributed by atoms with van der Waals surface area (Å²) in [5, 5.41) is 12.1. The molecule has 17 heavy (non-hydrogen) atoms. The van der Waals surface area contributed by atoms with Gasteiger partial charge < -0.3 is 5.11 Å². The molecule has 1 rings (SSSR count). The van der Waals surface area contributed by atoms with Crippen molar-refractivity contribution < 1.29 is 14.3 Å². The molecule has 0 aliphatic carbocycles. The third-order valence-electron chi connectivity index (χ3n) is 2.84. The Balaban J connectivity index is 2.97. The number of carboxylic acids is 1. The van der Waals surface area contributed by atoms with E-state index in [-0.39, 0.29) is 11.9 Å². The Bertz CT molecular complexity index is 406.